The van der Waals surface area contributed by atoms with Gasteiger partial charge in [-0.25, -0.2) is 8.42 Å². The molecule has 1 amide bonds. The average molecular weight is 353 g/mol. The molecule has 0 aliphatic carbocycles. The molecule has 1 aromatic carbocycles. The van der Waals surface area contributed by atoms with E-state index in [0.29, 0.717) is 24.3 Å². The monoisotopic (exact) mass is 353 g/mol. The number of hydrogen-bond donors (Lipinski definition) is 0. The number of amides is 1. The zero-order valence-electron chi connectivity index (χ0n) is 14.0. The van der Waals surface area contributed by atoms with Crippen molar-refractivity contribution >= 4 is 21.5 Å². The zero-order valence-corrected chi connectivity index (χ0v) is 14.8. The van der Waals surface area contributed by atoms with Gasteiger partial charge in [0.05, 0.1) is 11.5 Å². The van der Waals surface area contributed by atoms with E-state index in [0.717, 1.165) is 6.42 Å². The topological polar surface area (TPSA) is 80.8 Å². The third-order valence-corrected chi connectivity index (χ3v) is 5.81. The first-order chi connectivity index (χ1) is 11.3. The molecule has 1 saturated heterocycles. The Balaban J connectivity index is 1.96. The van der Waals surface area contributed by atoms with Gasteiger partial charge < -0.3 is 9.64 Å². The number of rotatable bonds is 7. The lowest BCUT2D eigenvalue weighted by molar-refractivity contribution is -0.135. The molecule has 1 atom stereocenters. The van der Waals surface area contributed by atoms with Crippen LogP contribution in [-0.2, 0) is 14.6 Å². The summed E-state index contributed by atoms with van der Waals surface area (Å²) in [4.78, 5) is 25.3. The van der Waals surface area contributed by atoms with Gasteiger partial charge in [-0.3, -0.25) is 9.59 Å². The van der Waals surface area contributed by atoms with Gasteiger partial charge >= 0.3 is 0 Å². The molecular weight excluding hydrogens is 330 g/mol. The number of carbonyl (C=O) groups is 2. The SMILES string of the molecule is CCCN(C(=O)COc1ccc(C(C)=O)cc1)C1CCS(=O)(=O)C1. The van der Waals surface area contributed by atoms with Crippen molar-refractivity contribution in [1.29, 1.82) is 0 Å². The van der Waals surface area contributed by atoms with Crippen molar-refractivity contribution in [2.75, 3.05) is 24.7 Å². The van der Waals surface area contributed by atoms with E-state index < -0.39 is 9.84 Å². The lowest BCUT2D eigenvalue weighted by atomic mass is 10.1. The molecule has 0 bridgehead atoms. The van der Waals surface area contributed by atoms with Crippen LogP contribution in [0.3, 0.4) is 0 Å². The molecule has 0 saturated carbocycles. The highest BCUT2D eigenvalue weighted by molar-refractivity contribution is 7.91. The van der Waals surface area contributed by atoms with Crippen LogP contribution in [0.2, 0.25) is 0 Å². The summed E-state index contributed by atoms with van der Waals surface area (Å²) in [6, 6.07) is 6.33. The number of Topliss-reactive ketones (excluding diaryl/α,β-unsaturated/α-hetero) is 1. The molecule has 1 aliphatic heterocycles. The fourth-order valence-electron chi connectivity index (χ4n) is 2.79. The van der Waals surface area contributed by atoms with Crippen LogP contribution in [0.25, 0.3) is 0 Å². The molecule has 1 unspecified atom stereocenters. The normalized spacial score (nSPS) is 19.0. The second kappa shape index (κ2) is 7.79. The van der Waals surface area contributed by atoms with Crippen LogP contribution in [0.5, 0.6) is 5.75 Å². The lowest BCUT2D eigenvalue weighted by Gasteiger charge is -2.27. The van der Waals surface area contributed by atoms with Crippen molar-refractivity contribution in [3.8, 4) is 5.75 Å². The number of ketones is 1. The highest BCUT2D eigenvalue weighted by atomic mass is 32.2. The van der Waals surface area contributed by atoms with Crippen LogP contribution in [0.4, 0.5) is 0 Å². The highest BCUT2D eigenvalue weighted by Crippen LogP contribution is 2.19. The fourth-order valence-corrected chi connectivity index (χ4v) is 4.52. The number of nitrogens with zero attached hydrogens (tertiary/aromatic N) is 1. The van der Waals surface area contributed by atoms with Crippen LogP contribution >= 0.6 is 0 Å². The van der Waals surface area contributed by atoms with Crippen molar-refractivity contribution in [3.05, 3.63) is 29.8 Å². The Labute approximate surface area is 142 Å². The molecule has 0 N–H and O–H groups in total. The molecule has 0 aromatic heterocycles. The molecule has 6 nitrogen and oxygen atoms in total. The largest absolute Gasteiger partial charge is 0.484 e. The van der Waals surface area contributed by atoms with Crippen LogP contribution in [0.15, 0.2) is 24.3 Å². The van der Waals surface area contributed by atoms with E-state index >= 15 is 0 Å². The summed E-state index contributed by atoms with van der Waals surface area (Å²) in [5, 5.41) is 0. The maximum absolute atomic E-state index is 12.4. The van der Waals surface area contributed by atoms with E-state index in [2.05, 4.69) is 0 Å². The number of benzene rings is 1. The minimum Gasteiger partial charge on any atom is -0.484 e. The lowest BCUT2D eigenvalue weighted by Crippen LogP contribution is -2.44. The molecule has 0 spiro atoms. The summed E-state index contributed by atoms with van der Waals surface area (Å²) in [6.07, 6.45) is 1.25. The van der Waals surface area contributed by atoms with Gasteiger partial charge in [0.25, 0.3) is 5.91 Å². The van der Waals surface area contributed by atoms with Crippen molar-refractivity contribution < 1.29 is 22.7 Å². The van der Waals surface area contributed by atoms with E-state index in [9.17, 15) is 18.0 Å². The van der Waals surface area contributed by atoms with E-state index in [4.69, 9.17) is 4.74 Å². The third-order valence-electron chi connectivity index (χ3n) is 4.06. The number of sulfone groups is 1. The van der Waals surface area contributed by atoms with Crippen molar-refractivity contribution in [2.45, 2.75) is 32.7 Å². The molecule has 1 aromatic rings. The molecule has 2 rings (SSSR count). The Morgan fingerprint density at radius 3 is 2.42 bits per heavy atom. The number of ether oxygens (including phenoxy) is 1. The Kier molecular flexibility index (Phi) is 5.99. The summed E-state index contributed by atoms with van der Waals surface area (Å²) in [7, 11) is -3.04. The number of carbonyl (C=O) groups excluding carboxylic acids is 2. The van der Waals surface area contributed by atoms with Gasteiger partial charge in [-0.15, -0.1) is 0 Å². The summed E-state index contributed by atoms with van der Waals surface area (Å²) >= 11 is 0. The van der Waals surface area contributed by atoms with Gasteiger partial charge in [-0.1, -0.05) is 6.92 Å². The van der Waals surface area contributed by atoms with E-state index in [1.54, 1.807) is 29.2 Å². The summed E-state index contributed by atoms with van der Waals surface area (Å²) < 4.78 is 28.8. The van der Waals surface area contributed by atoms with Gasteiger partial charge in [0.1, 0.15) is 5.75 Å². The average Bonchev–Trinajstić information content (AvgIpc) is 2.90. The molecule has 24 heavy (non-hydrogen) atoms. The first-order valence-corrected chi connectivity index (χ1v) is 9.88. The maximum Gasteiger partial charge on any atom is 0.260 e. The predicted octanol–water partition coefficient (Wildman–Crippen LogP) is 1.69. The molecule has 7 heteroatoms. The minimum atomic E-state index is -3.04. The first kappa shape index (κ1) is 18.4. The smallest absolute Gasteiger partial charge is 0.260 e. The standard InChI is InChI=1S/C17H23NO5S/c1-3-9-18(15-8-10-24(21,22)12-15)17(20)11-23-16-6-4-14(5-7-16)13(2)19/h4-7,15H,3,8-12H2,1-2H3. The van der Waals surface area contributed by atoms with Crippen LogP contribution < -0.4 is 4.74 Å². The second-order valence-electron chi connectivity index (χ2n) is 6.01. The number of hydrogen-bond acceptors (Lipinski definition) is 5. The van der Waals surface area contributed by atoms with E-state index in [-0.39, 0.29) is 35.8 Å². The second-order valence-corrected chi connectivity index (χ2v) is 8.24. The van der Waals surface area contributed by atoms with Gasteiger partial charge in [0.2, 0.25) is 0 Å². The molecule has 132 valence electrons. The quantitative estimate of drug-likeness (QED) is 0.697. The fraction of sp³-hybridized carbons (Fsp3) is 0.529. The first-order valence-electron chi connectivity index (χ1n) is 8.06. The Morgan fingerprint density at radius 1 is 1.25 bits per heavy atom. The molecule has 1 heterocycles. The van der Waals surface area contributed by atoms with Crippen molar-refractivity contribution in [1.82, 2.24) is 4.90 Å². The molecular formula is C17H23NO5S. The minimum absolute atomic E-state index is 0.0332. The summed E-state index contributed by atoms with van der Waals surface area (Å²) in [5.41, 5.74) is 0.581. The molecule has 1 fully saturated rings. The molecule has 1 aliphatic rings. The summed E-state index contributed by atoms with van der Waals surface area (Å²) in [6.45, 7) is 3.81. The van der Waals surface area contributed by atoms with Crippen LogP contribution in [-0.4, -0.2) is 55.7 Å². The Bertz CT molecular complexity index is 696. The van der Waals surface area contributed by atoms with Crippen molar-refractivity contribution in [3.63, 3.8) is 0 Å². The van der Waals surface area contributed by atoms with Gasteiger partial charge in [-0.05, 0) is 44.0 Å². The van der Waals surface area contributed by atoms with Gasteiger partial charge in [0.15, 0.2) is 22.2 Å². The van der Waals surface area contributed by atoms with E-state index in [1.165, 1.54) is 6.92 Å². The van der Waals surface area contributed by atoms with Crippen molar-refractivity contribution in [2.24, 2.45) is 0 Å². The van der Waals surface area contributed by atoms with Gasteiger partial charge in [-0.2, -0.15) is 0 Å². The van der Waals surface area contributed by atoms with Crippen LogP contribution in [0, 0.1) is 0 Å². The Morgan fingerprint density at radius 2 is 1.92 bits per heavy atom. The maximum atomic E-state index is 12.4. The summed E-state index contributed by atoms with van der Waals surface area (Å²) in [5.74, 6) is 0.428. The van der Waals surface area contributed by atoms with E-state index in [1.807, 2.05) is 6.92 Å². The molecule has 0 radical (unpaired) electrons. The van der Waals surface area contributed by atoms with Gasteiger partial charge in [0, 0.05) is 18.2 Å². The highest BCUT2D eigenvalue weighted by Gasteiger charge is 2.34. The van der Waals surface area contributed by atoms with Crippen LogP contribution in [0.1, 0.15) is 37.0 Å². The third kappa shape index (κ3) is 4.80. The predicted molar refractivity (Wildman–Crippen MR) is 91.0 cm³/mol. The Hall–Kier alpha value is -1.89. The zero-order chi connectivity index (χ0) is 17.7.